The number of aryl methyl sites for hydroxylation is 1. The summed E-state index contributed by atoms with van der Waals surface area (Å²) < 4.78 is 42.1. The number of alkyl halides is 3. The number of nitrogens with one attached hydrogen (secondary N) is 1. The van der Waals surface area contributed by atoms with E-state index < -0.39 is 17.6 Å². The van der Waals surface area contributed by atoms with Crippen LogP contribution in [0.15, 0.2) is 39.9 Å². The van der Waals surface area contributed by atoms with E-state index in [-0.39, 0.29) is 23.4 Å². The molecular weight excluding hydrogens is 325 g/mol. The van der Waals surface area contributed by atoms with Gasteiger partial charge in [0.25, 0.3) is 5.56 Å². The average molecular weight is 336 g/mol. The van der Waals surface area contributed by atoms with Gasteiger partial charge in [-0.3, -0.25) is 9.78 Å². The molecule has 0 saturated heterocycles. The van der Waals surface area contributed by atoms with E-state index in [9.17, 15) is 18.0 Å². The first kappa shape index (κ1) is 15.9. The van der Waals surface area contributed by atoms with E-state index >= 15 is 0 Å². The molecule has 0 unspecified atom stereocenters. The van der Waals surface area contributed by atoms with Gasteiger partial charge in [-0.05, 0) is 24.6 Å². The minimum atomic E-state index is -4.74. The molecule has 0 aromatic carbocycles. The summed E-state index contributed by atoms with van der Waals surface area (Å²) in [6, 6.07) is 4.94. The van der Waals surface area contributed by atoms with Gasteiger partial charge in [0.1, 0.15) is 0 Å². The van der Waals surface area contributed by atoms with Crippen molar-refractivity contribution in [3.05, 3.63) is 63.7 Å². The summed E-state index contributed by atoms with van der Waals surface area (Å²) in [5.41, 5.74) is 1.48. The van der Waals surface area contributed by atoms with E-state index in [4.69, 9.17) is 0 Å². The second kappa shape index (κ2) is 5.91. The van der Waals surface area contributed by atoms with Crippen molar-refractivity contribution in [2.24, 2.45) is 0 Å². The van der Waals surface area contributed by atoms with Gasteiger partial charge in [0.05, 0.1) is 0 Å². The molecule has 0 aliphatic rings. The van der Waals surface area contributed by atoms with Crippen molar-refractivity contribution in [1.82, 2.24) is 20.1 Å². The highest BCUT2D eigenvalue weighted by atomic mass is 19.4. The van der Waals surface area contributed by atoms with Gasteiger partial charge in [0, 0.05) is 35.6 Å². The van der Waals surface area contributed by atoms with Crippen LogP contribution in [0.5, 0.6) is 0 Å². The van der Waals surface area contributed by atoms with Crippen LogP contribution in [-0.4, -0.2) is 20.1 Å². The van der Waals surface area contributed by atoms with Crippen molar-refractivity contribution in [3.63, 3.8) is 0 Å². The van der Waals surface area contributed by atoms with Crippen LogP contribution in [0.2, 0.25) is 0 Å². The fourth-order valence-corrected chi connectivity index (χ4v) is 2.24. The molecule has 1 N–H and O–H groups in total. The number of rotatable bonds is 3. The Morgan fingerprint density at radius 2 is 2.08 bits per heavy atom. The summed E-state index contributed by atoms with van der Waals surface area (Å²) >= 11 is 0. The summed E-state index contributed by atoms with van der Waals surface area (Å²) in [6.45, 7) is 1.78. The lowest BCUT2D eigenvalue weighted by atomic mass is 10.0. The van der Waals surface area contributed by atoms with Crippen molar-refractivity contribution >= 4 is 0 Å². The molecule has 0 spiro atoms. The van der Waals surface area contributed by atoms with Gasteiger partial charge in [0.15, 0.2) is 0 Å². The Labute approximate surface area is 133 Å². The van der Waals surface area contributed by atoms with Crippen molar-refractivity contribution in [3.8, 4) is 11.4 Å². The van der Waals surface area contributed by atoms with Crippen LogP contribution in [0.1, 0.15) is 22.7 Å². The first-order valence-electron chi connectivity index (χ1n) is 6.88. The Kier molecular flexibility index (Phi) is 3.92. The van der Waals surface area contributed by atoms with Crippen LogP contribution >= 0.6 is 0 Å². The predicted octanol–water partition coefficient (Wildman–Crippen LogP) is 2.74. The van der Waals surface area contributed by atoms with Crippen molar-refractivity contribution in [1.29, 1.82) is 0 Å². The van der Waals surface area contributed by atoms with Gasteiger partial charge in [0.2, 0.25) is 5.82 Å². The van der Waals surface area contributed by atoms with Crippen molar-refractivity contribution in [2.75, 3.05) is 0 Å². The summed E-state index contributed by atoms with van der Waals surface area (Å²) in [5.74, 6) is -1.74. The third-order valence-corrected chi connectivity index (χ3v) is 3.46. The van der Waals surface area contributed by atoms with Gasteiger partial charge in [-0.2, -0.15) is 18.2 Å². The van der Waals surface area contributed by atoms with Crippen molar-refractivity contribution in [2.45, 2.75) is 19.5 Å². The Bertz CT molecular complexity index is 931. The van der Waals surface area contributed by atoms with Crippen LogP contribution in [-0.2, 0) is 12.6 Å². The minimum Gasteiger partial charge on any atom is -0.329 e. The average Bonchev–Trinajstić information content (AvgIpc) is 3.01. The number of hydrogen-bond acceptors (Lipinski definition) is 5. The Morgan fingerprint density at radius 3 is 2.75 bits per heavy atom. The van der Waals surface area contributed by atoms with E-state index in [0.29, 0.717) is 0 Å². The Hall–Kier alpha value is -2.97. The minimum absolute atomic E-state index is 0.182. The van der Waals surface area contributed by atoms with E-state index in [1.807, 2.05) is 0 Å². The van der Waals surface area contributed by atoms with E-state index in [0.717, 1.165) is 11.3 Å². The monoisotopic (exact) mass is 336 g/mol. The van der Waals surface area contributed by atoms with Crippen LogP contribution < -0.4 is 5.56 Å². The maximum absolute atomic E-state index is 12.6. The molecule has 9 heteroatoms. The normalized spacial score (nSPS) is 11.7. The smallest absolute Gasteiger partial charge is 0.329 e. The molecule has 3 rings (SSSR count). The topological polar surface area (TPSA) is 84.7 Å². The highest BCUT2D eigenvalue weighted by Gasteiger charge is 2.38. The molecule has 3 aromatic rings. The van der Waals surface area contributed by atoms with Gasteiger partial charge in [-0.1, -0.05) is 11.2 Å². The molecule has 0 aliphatic carbocycles. The maximum Gasteiger partial charge on any atom is 0.471 e. The molecule has 6 nitrogen and oxygen atoms in total. The second-order valence-electron chi connectivity index (χ2n) is 5.04. The molecule has 3 aromatic heterocycles. The van der Waals surface area contributed by atoms with Crippen LogP contribution in [0, 0.1) is 6.92 Å². The third-order valence-electron chi connectivity index (χ3n) is 3.46. The lowest BCUT2D eigenvalue weighted by Gasteiger charge is -2.07. The zero-order chi connectivity index (χ0) is 17.3. The third kappa shape index (κ3) is 3.05. The van der Waals surface area contributed by atoms with E-state index in [1.165, 1.54) is 12.3 Å². The largest absolute Gasteiger partial charge is 0.471 e. The van der Waals surface area contributed by atoms with Crippen LogP contribution in [0.25, 0.3) is 11.4 Å². The van der Waals surface area contributed by atoms with Crippen LogP contribution in [0.4, 0.5) is 13.2 Å². The predicted molar refractivity (Wildman–Crippen MR) is 77.1 cm³/mol. The molecule has 124 valence electrons. The first-order chi connectivity index (χ1) is 11.4. The lowest BCUT2D eigenvalue weighted by molar-refractivity contribution is -0.159. The molecule has 0 bridgehead atoms. The number of nitrogens with zero attached hydrogens (tertiary/aromatic N) is 3. The Morgan fingerprint density at radius 1 is 1.29 bits per heavy atom. The molecule has 0 saturated carbocycles. The number of halogens is 3. The Balaban J connectivity index is 2.07. The van der Waals surface area contributed by atoms with Crippen molar-refractivity contribution < 1.29 is 17.7 Å². The SMILES string of the molecule is Cc1ncccc1Cc1c(-c2noc(C(F)(F)F)n2)cc[nH]c1=O. The van der Waals surface area contributed by atoms with Gasteiger partial charge < -0.3 is 9.51 Å². The number of hydrogen-bond donors (Lipinski definition) is 1. The molecule has 24 heavy (non-hydrogen) atoms. The molecule has 0 aliphatic heterocycles. The highest BCUT2D eigenvalue weighted by Crippen LogP contribution is 2.30. The molecule has 3 heterocycles. The summed E-state index contributed by atoms with van der Waals surface area (Å²) in [5, 5.41) is 3.34. The number of aromatic amines is 1. The maximum atomic E-state index is 12.6. The van der Waals surface area contributed by atoms with E-state index in [1.54, 1.807) is 25.3 Å². The zero-order valence-corrected chi connectivity index (χ0v) is 12.4. The molecule has 0 radical (unpaired) electrons. The molecular formula is C15H11F3N4O2. The fourth-order valence-electron chi connectivity index (χ4n) is 2.24. The molecule has 0 atom stereocenters. The summed E-state index contributed by atoms with van der Waals surface area (Å²) in [6.07, 6.45) is -1.63. The quantitative estimate of drug-likeness (QED) is 0.795. The lowest BCUT2D eigenvalue weighted by Crippen LogP contribution is -2.15. The second-order valence-corrected chi connectivity index (χ2v) is 5.04. The van der Waals surface area contributed by atoms with E-state index in [2.05, 4.69) is 24.6 Å². The number of pyridine rings is 2. The van der Waals surface area contributed by atoms with Gasteiger partial charge in [-0.15, -0.1) is 0 Å². The molecule has 0 fully saturated rings. The number of aromatic nitrogens is 4. The zero-order valence-electron chi connectivity index (χ0n) is 12.4. The summed E-state index contributed by atoms with van der Waals surface area (Å²) in [7, 11) is 0. The fraction of sp³-hybridized carbons (Fsp3) is 0.200. The standard InChI is InChI=1S/C15H11F3N4O2/c1-8-9(3-2-5-19-8)7-11-10(4-6-20-13(11)23)12-21-14(24-22-12)15(16,17)18/h2-6H,7H2,1H3,(H,20,23). The summed E-state index contributed by atoms with van der Waals surface area (Å²) in [4.78, 5) is 22.1. The van der Waals surface area contributed by atoms with Crippen LogP contribution in [0.3, 0.4) is 0 Å². The first-order valence-corrected chi connectivity index (χ1v) is 6.88. The number of H-pyrrole nitrogens is 1. The highest BCUT2D eigenvalue weighted by molar-refractivity contribution is 5.59. The molecule has 0 amide bonds. The van der Waals surface area contributed by atoms with Gasteiger partial charge in [-0.25, -0.2) is 0 Å². The van der Waals surface area contributed by atoms with Gasteiger partial charge >= 0.3 is 12.1 Å².